The summed E-state index contributed by atoms with van der Waals surface area (Å²) in [6, 6.07) is 0. The number of hydrogen-bond acceptors (Lipinski definition) is 0. The first kappa shape index (κ1) is 61.0. The van der Waals surface area contributed by atoms with Gasteiger partial charge in [-0.2, -0.15) is 0 Å². The van der Waals surface area contributed by atoms with Crippen molar-refractivity contribution in [1.82, 2.24) is 0 Å². The smallest absolute Gasteiger partial charge is 0.0810 e. The van der Waals surface area contributed by atoms with Gasteiger partial charge in [0, 0.05) is 5.92 Å². The fourth-order valence-corrected chi connectivity index (χ4v) is 16.5. The van der Waals surface area contributed by atoms with E-state index in [9.17, 15) is 0 Å². The van der Waals surface area contributed by atoms with Gasteiger partial charge in [-0.15, -0.1) is 0 Å². The number of hydrogen-bond donors (Lipinski definition) is 0. The summed E-state index contributed by atoms with van der Waals surface area (Å²) in [6.07, 6.45) is 67.1. The van der Waals surface area contributed by atoms with Crippen LogP contribution in [0.3, 0.4) is 0 Å². The van der Waals surface area contributed by atoms with E-state index in [1.54, 1.807) is 51.4 Å². The first-order valence-corrected chi connectivity index (χ1v) is 31.5. The van der Waals surface area contributed by atoms with Crippen molar-refractivity contribution in [3.63, 3.8) is 0 Å². The van der Waals surface area contributed by atoms with Gasteiger partial charge in [0.1, 0.15) is 0 Å². The van der Waals surface area contributed by atoms with Crippen molar-refractivity contribution in [2.75, 3.05) is 26.7 Å². The molecule has 0 aromatic rings. The Bertz CT molecular complexity index is 1100. The number of halogens is 1. The van der Waals surface area contributed by atoms with E-state index >= 15 is 0 Å². The van der Waals surface area contributed by atoms with Crippen molar-refractivity contribution in [1.29, 1.82) is 0 Å². The molecule has 4 aliphatic carbocycles. The molecule has 4 saturated carbocycles. The van der Waals surface area contributed by atoms with Crippen LogP contribution in [0.5, 0.6) is 0 Å². The van der Waals surface area contributed by atoms with Gasteiger partial charge in [0.05, 0.1) is 26.7 Å². The largest absolute Gasteiger partial charge is 1.00 e. The Kier molecular flexibility index (Phi) is 33.0. The second-order valence-electron chi connectivity index (χ2n) is 26.0. The Labute approximate surface area is 435 Å². The lowest BCUT2D eigenvalue weighted by Crippen LogP contribution is -3.00. The lowest BCUT2D eigenvalue weighted by molar-refractivity contribution is -0.913. The normalized spacial score (nSPS) is 27.2. The van der Waals surface area contributed by atoms with E-state index in [0.717, 1.165) is 41.4 Å². The quantitative estimate of drug-likeness (QED) is 0.0325. The van der Waals surface area contributed by atoms with Gasteiger partial charge in [-0.3, -0.25) is 0 Å². The van der Waals surface area contributed by atoms with Crippen LogP contribution in [0.1, 0.15) is 330 Å². The Morgan fingerprint density at radius 3 is 1.30 bits per heavy atom. The van der Waals surface area contributed by atoms with Gasteiger partial charge in [0.2, 0.25) is 0 Å². The first-order valence-electron chi connectivity index (χ1n) is 31.5. The molecule has 0 saturated heterocycles. The van der Waals surface area contributed by atoms with Gasteiger partial charge >= 0.3 is 0 Å². The van der Waals surface area contributed by atoms with Gasteiger partial charge in [0.15, 0.2) is 0 Å². The fourth-order valence-electron chi connectivity index (χ4n) is 16.5. The minimum atomic E-state index is 0. The zero-order valence-electron chi connectivity index (χ0n) is 46.8. The van der Waals surface area contributed by atoms with Crippen molar-refractivity contribution in [3.05, 3.63) is 0 Å². The van der Waals surface area contributed by atoms with Crippen LogP contribution in [0.2, 0.25) is 0 Å². The van der Waals surface area contributed by atoms with Crippen LogP contribution in [0.4, 0.5) is 0 Å². The van der Waals surface area contributed by atoms with E-state index in [-0.39, 0.29) is 24.0 Å². The van der Waals surface area contributed by atoms with Crippen LogP contribution >= 0.6 is 0 Å². The molecule has 0 N–H and O–H groups in total. The molecule has 0 radical (unpaired) electrons. The predicted octanol–water partition coefficient (Wildman–Crippen LogP) is 18.5. The fraction of sp³-hybridized carbons (Fsp3) is 1.00. The van der Waals surface area contributed by atoms with Gasteiger partial charge < -0.3 is 28.5 Å². The van der Waals surface area contributed by atoms with Gasteiger partial charge in [-0.25, -0.2) is 0 Å². The highest BCUT2D eigenvalue weighted by atomic mass is 127. The third-order valence-electron chi connectivity index (χ3n) is 20.6. The molecule has 4 fully saturated rings. The summed E-state index contributed by atoms with van der Waals surface area (Å²) in [5.74, 6) is 6.99. The Morgan fingerprint density at radius 1 is 0.424 bits per heavy atom. The SMILES string of the molecule is CCCCCCCCCCCCCCCCCC[N+](C)(CCCCCCCCCCCCCCCCCC)CC(C)CCC[C@@H](C)[C@H]1CC[C@H]2[C@@H]3CCC4CCCC[C@]4(C)[C@H]3CC[C@]12C.[I-]. The van der Waals surface area contributed by atoms with Crippen LogP contribution in [0.15, 0.2) is 0 Å². The van der Waals surface area contributed by atoms with Crippen molar-refractivity contribution in [2.24, 2.45) is 52.3 Å². The molecule has 0 spiro atoms. The molecule has 2 heteroatoms. The highest BCUT2D eigenvalue weighted by molar-refractivity contribution is 5.09. The maximum absolute atomic E-state index is 2.82. The topological polar surface area (TPSA) is 0 Å². The summed E-state index contributed by atoms with van der Waals surface area (Å²) in [6.45, 7) is 19.9. The Balaban J connectivity index is 0.0000116. The third-order valence-corrected chi connectivity index (χ3v) is 20.6. The van der Waals surface area contributed by atoms with Crippen molar-refractivity contribution in [2.45, 2.75) is 330 Å². The molecule has 0 heterocycles. The second kappa shape index (κ2) is 35.7. The highest BCUT2D eigenvalue weighted by Gasteiger charge is 2.60. The molecule has 4 aliphatic rings. The molecular weight excluding hydrogens is 910 g/mol. The molecule has 0 aromatic carbocycles. The standard InChI is InChI=1S/C64H124N.HI/c1-8-10-12-14-16-18-20-22-24-26-28-30-32-34-36-40-53-65(7,54-41-37-35-33-31-29-27-25-23-21-19-17-15-13-11-9-2)55-56(3)43-42-44-57(4)60-48-49-61-59-47-46-58-45-38-39-51-63(58,5)62(59)50-52-64(60,61)6;/h56-62H,8-55H2,1-7H3;1H/q+1;/p-1/t56?,57-,58?,59+,60-,61+,62+,63+,64-;/m1./s1. The van der Waals surface area contributed by atoms with Crippen LogP contribution < -0.4 is 24.0 Å². The van der Waals surface area contributed by atoms with E-state index in [4.69, 9.17) is 0 Å². The summed E-state index contributed by atoms with van der Waals surface area (Å²) in [5.41, 5.74) is 1.33. The molecule has 0 aliphatic heterocycles. The van der Waals surface area contributed by atoms with Crippen molar-refractivity contribution >= 4 is 0 Å². The molecule has 0 bridgehead atoms. The number of nitrogens with zero attached hydrogens (tertiary/aromatic N) is 1. The number of rotatable bonds is 41. The monoisotopic (exact) mass is 1030 g/mol. The maximum atomic E-state index is 2.82. The molecule has 66 heavy (non-hydrogen) atoms. The van der Waals surface area contributed by atoms with E-state index in [0.29, 0.717) is 10.8 Å². The predicted molar refractivity (Wildman–Crippen MR) is 292 cm³/mol. The van der Waals surface area contributed by atoms with Crippen LogP contribution in [0.25, 0.3) is 0 Å². The molecule has 4 rings (SSSR count). The lowest BCUT2D eigenvalue weighted by Gasteiger charge is -2.61. The average molecular weight is 1030 g/mol. The zero-order valence-corrected chi connectivity index (χ0v) is 49.0. The van der Waals surface area contributed by atoms with Crippen LogP contribution in [0, 0.1) is 52.3 Å². The summed E-state index contributed by atoms with van der Waals surface area (Å²) in [7, 11) is 2.69. The number of unbranched alkanes of at least 4 members (excludes halogenated alkanes) is 30. The summed E-state index contributed by atoms with van der Waals surface area (Å²) >= 11 is 0. The molecular formula is C64H124IN. The molecule has 9 atom stereocenters. The number of quaternary nitrogens is 1. The molecule has 1 nitrogen and oxygen atoms in total. The van der Waals surface area contributed by atoms with Gasteiger partial charge in [-0.05, 0) is 130 Å². The Morgan fingerprint density at radius 2 is 0.848 bits per heavy atom. The third kappa shape index (κ3) is 21.8. The molecule has 0 amide bonds. The van der Waals surface area contributed by atoms with Crippen molar-refractivity contribution in [3.8, 4) is 0 Å². The summed E-state index contributed by atoms with van der Waals surface area (Å²) in [5, 5.41) is 0. The van der Waals surface area contributed by atoms with E-state index in [2.05, 4.69) is 48.6 Å². The molecule has 392 valence electrons. The maximum Gasteiger partial charge on any atom is 0.0810 e. The summed E-state index contributed by atoms with van der Waals surface area (Å²) < 4.78 is 1.36. The minimum Gasteiger partial charge on any atom is -1.00 e. The first-order chi connectivity index (χ1) is 31.7. The van der Waals surface area contributed by atoms with Crippen LogP contribution in [-0.4, -0.2) is 31.2 Å². The Hall–Kier alpha value is 0.690. The average Bonchev–Trinajstić information content (AvgIpc) is 3.66. The van der Waals surface area contributed by atoms with E-state index in [1.165, 1.54) is 262 Å². The van der Waals surface area contributed by atoms with Gasteiger partial charge in [0.25, 0.3) is 0 Å². The van der Waals surface area contributed by atoms with Crippen molar-refractivity contribution < 1.29 is 28.5 Å². The lowest BCUT2D eigenvalue weighted by atomic mass is 9.44. The minimum absolute atomic E-state index is 0. The molecule has 0 aromatic heterocycles. The highest BCUT2D eigenvalue weighted by Crippen LogP contribution is 2.68. The summed E-state index contributed by atoms with van der Waals surface area (Å²) in [4.78, 5) is 0. The van der Waals surface area contributed by atoms with Gasteiger partial charge in [-0.1, -0.05) is 247 Å². The second-order valence-corrected chi connectivity index (χ2v) is 26.0. The molecule has 2 unspecified atom stereocenters. The van der Waals surface area contributed by atoms with E-state index < -0.39 is 0 Å². The number of fused-ring (bicyclic) bond motifs is 5. The van der Waals surface area contributed by atoms with Crippen LogP contribution in [-0.2, 0) is 0 Å². The zero-order chi connectivity index (χ0) is 46.5. The van der Waals surface area contributed by atoms with E-state index in [1.807, 2.05) is 0 Å².